The zero-order valence-corrected chi connectivity index (χ0v) is 25.7. The molecule has 220 valence electrons. The second kappa shape index (κ2) is 12.8. The Kier molecular flexibility index (Phi) is 9.17. The number of nitrogens with one attached hydrogen (secondary N) is 1. The first-order valence-corrected chi connectivity index (χ1v) is 14.9. The number of fused-ring (bicyclic) bond motifs is 1. The monoisotopic (exact) mass is 628 g/mol. The number of likely N-dealkylation sites (tertiary alicyclic amines) is 1. The number of methoxy groups -OCH3 is 2. The number of aromatic nitrogens is 2. The maximum absolute atomic E-state index is 13.6. The summed E-state index contributed by atoms with van der Waals surface area (Å²) >= 11 is 14.7. The molecule has 2 atom stereocenters. The number of carbonyl (C=O) groups excluding carboxylic acids is 3. The van der Waals surface area contributed by atoms with Crippen LogP contribution < -0.4 is 5.32 Å². The van der Waals surface area contributed by atoms with E-state index in [4.69, 9.17) is 32.7 Å². The van der Waals surface area contributed by atoms with Crippen LogP contribution in [0.2, 0.25) is 10.0 Å². The van der Waals surface area contributed by atoms with E-state index < -0.39 is 0 Å². The molecular weight excluding hydrogens is 599 g/mol. The van der Waals surface area contributed by atoms with Gasteiger partial charge in [0.1, 0.15) is 5.01 Å². The van der Waals surface area contributed by atoms with Gasteiger partial charge >= 0.3 is 5.97 Å². The summed E-state index contributed by atoms with van der Waals surface area (Å²) in [5.41, 5.74) is 2.36. The number of para-hydroxylation sites is 1. The number of hydrogen-bond donors (Lipinski definition) is 1. The van der Waals surface area contributed by atoms with Gasteiger partial charge in [-0.2, -0.15) is 0 Å². The molecule has 3 heterocycles. The Morgan fingerprint density at radius 3 is 2.69 bits per heavy atom. The Balaban J connectivity index is 1.30. The summed E-state index contributed by atoms with van der Waals surface area (Å²) in [7, 11) is 4.87. The minimum absolute atomic E-state index is 0.0175. The number of carbonyl (C=O) groups is 3. The van der Waals surface area contributed by atoms with E-state index in [1.54, 1.807) is 36.5 Å². The third-order valence-corrected chi connectivity index (χ3v) is 9.27. The summed E-state index contributed by atoms with van der Waals surface area (Å²) in [5, 5.41) is 5.07. The predicted molar refractivity (Wildman–Crippen MR) is 163 cm³/mol. The highest BCUT2D eigenvalue weighted by Gasteiger charge is 2.38. The van der Waals surface area contributed by atoms with E-state index >= 15 is 0 Å². The average Bonchev–Trinajstić information content (AvgIpc) is 3.71. The van der Waals surface area contributed by atoms with Crippen molar-refractivity contribution in [2.75, 3.05) is 26.1 Å². The van der Waals surface area contributed by atoms with Gasteiger partial charge in [-0.1, -0.05) is 41.4 Å². The molecule has 1 fully saturated rings. The first kappa shape index (κ1) is 30.0. The zero-order chi connectivity index (χ0) is 30.0. The van der Waals surface area contributed by atoms with Crippen molar-refractivity contribution < 1.29 is 23.9 Å². The lowest BCUT2D eigenvalue weighted by molar-refractivity contribution is -0.140. The zero-order valence-electron chi connectivity index (χ0n) is 23.4. The molecule has 1 N–H and O–H groups in total. The number of halogens is 2. The number of benzene rings is 2. The highest BCUT2D eigenvalue weighted by molar-refractivity contribution is 7.11. The Morgan fingerprint density at radius 1 is 1.14 bits per heavy atom. The Bertz CT molecular complexity index is 1650. The van der Waals surface area contributed by atoms with Crippen molar-refractivity contribution in [3.05, 3.63) is 79.8 Å². The van der Waals surface area contributed by atoms with E-state index in [-0.39, 0.29) is 47.8 Å². The lowest BCUT2D eigenvalue weighted by atomic mass is 10.1. The fourth-order valence-electron chi connectivity index (χ4n) is 5.19. The first-order valence-electron chi connectivity index (χ1n) is 13.4. The predicted octanol–water partition coefficient (Wildman–Crippen LogP) is 5.83. The van der Waals surface area contributed by atoms with Gasteiger partial charge < -0.3 is 24.3 Å². The second-order valence-electron chi connectivity index (χ2n) is 10.1. The van der Waals surface area contributed by atoms with Crippen LogP contribution in [0.25, 0.3) is 10.9 Å². The molecule has 0 spiro atoms. The number of rotatable bonds is 9. The number of nitrogens with zero attached hydrogens (tertiary/aromatic N) is 3. The molecule has 0 saturated carbocycles. The third-order valence-electron chi connectivity index (χ3n) is 7.44. The molecule has 2 aromatic heterocycles. The largest absolute Gasteiger partial charge is 0.469 e. The molecule has 2 aromatic carbocycles. The molecule has 0 radical (unpaired) electrons. The van der Waals surface area contributed by atoms with Crippen LogP contribution in [0.4, 0.5) is 5.69 Å². The summed E-state index contributed by atoms with van der Waals surface area (Å²) in [6.45, 7) is 0.418. The molecule has 9 nitrogen and oxygen atoms in total. The summed E-state index contributed by atoms with van der Waals surface area (Å²) < 4.78 is 12.2. The van der Waals surface area contributed by atoms with E-state index in [0.717, 1.165) is 20.8 Å². The van der Waals surface area contributed by atoms with Crippen LogP contribution in [0.5, 0.6) is 0 Å². The number of anilines is 1. The van der Waals surface area contributed by atoms with Crippen LogP contribution in [0.3, 0.4) is 0 Å². The number of hydrogen-bond acceptors (Lipinski definition) is 7. The van der Waals surface area contributed by atoms with Crippen molar-refractivity contribution in [1.82, 2.24) is 14.5 Å². The summed E-state index contributed by atoms with van der Waals surface area (Å²) in [5.74, 6) is -0.735. The minimum Gasteiger partial charge on any atom is -0.469 e. The minimum atomic E-state index is -0.312. The van der Waals surface area contributed by atoms with Crippen molar-refractivity contribution in [3.8, 4) is 0 Å². The topological polar surface area (TPSA) is 103 Å². The Hall–Kier alpha value is -3.44. The van der Waals surface area contributed by atoms with Crippen LogP contribution in [0, 0.1) is 0 Å². The quantitative estimate of drug-likeness (QED) is 0.234. The number of aryl methyl sites for hydroxylation is 2. The van der Waals surface area contributed by atoms with E-state index in [9.17, 15) is 14.4 Å². The van der Waals surface area contributed by atoms with Gasteiger partial charge in [0, 0.05) is 60.3 Å². The van der Waals surface area contributed by atoms with E-state index in [2.05, 4.69) is 10.3 Å². The highest BCUT2D eigenvalue weighted by Crippen LogP contribution is 2.37. The number of amides is 2. The average molecular weight is 630 g/mol. The molecule has 5 rings (SSSR count). The van der Waals surface area contributed by atoms with Gasteiger partial charge in [-0.15, -0.1) is 11.3 Å². The molecule has 0 aliphatic carbocycles. The molecule has 0 bridgehead atoms. The normalized spacial score (nSPS) is 16.6. The van der Waals surface area contributed by atoms with Crippen LogP contribution in [0.1, 0.15) is 44.7 Å². The molecule has 0 unspecified atom stereocenters. The van der Waals surface area contributed by atoms with Gasteiger partial charge in [-0.25, -0.2) is 4.98 Å². The SMILES string of the molecule is COC(=O)CCc1cnc([C@@H]2C[C@H](OC)CN2C(=O)Cc2cc(Cl)c(NC(=O)c3cn(C)c4ccccc34)cc2Cl)s1. The van der Waals surface area contributed by atoms with Crippen LogP contribution >= 0.6 is 34.5 Å². The first-order chi connectivity index (χ1) is 20.2. The van der Waals surface area contributed by atoms with Gasteiger partial charge in [0.25, 0.3) is 5.91 Å². The van der Waals surface area contributed by atoms with Crippen molar-refractivity contribution in [1.29, 1.82) is 0 Å². The summed E-state index contributed by atoms with van der Waals surface area (Å²) in [6, 6.07) is 10.6. The van der Waals surface area contributed by atoms with E-state index in [1.165, 1.54) is 18.4 Å². The summed E-state index contributed by atoms with van der Waals surface area (Å²) in [6.07, 6.45) is 4.80. The second-order valence-corrected chi connectivity index (χ2v) is 12.1. The third kappa shape index (κ3) is 6.32. The standard InChI is InChI=1S/C30H30Cl2N4O5S/c1-35-16-21(20-6-4-5-7-25(20)35)29(39)34-24-13-22(31)17(10-23(24)32)11-27(37)36-15-18(40-2)12-26(36)30-33-14-19(42-30)8-9-28(38)41-3/h4-7,10,13-14,16,18,26H,8-9,11-12,15H2,1-3H3,(H,34,39)/t18-,26-/m0/s1. The van der Waals surface area contributed by atoms with Crippen molar-refractivity contribution in [2.24, 2.45) is 7.05 Å². The van der Waals surface area contributed by atoms with Gasteiger partial charge in [0.05, 0.1) is 48.4 Å². The number of esters is 1. The van der Waals surface area contributed by atoms with Gasteiger partial charge in [0.15, 0.2) is 0 Å². The molecule has 4 aromatic rings. The number of thiazole rings is 1. The maximum Gasteiger partial charge on any atom is 0.305 e. The lowest BCUT2D eigenvalue weighted by Crippen LogP contribution is -2.33. The molecule has 12 heteroatoms. The fraction of sp³-hybridized carbons (Fsp3) is 0.333. The van der Waals surface area contributed by atoms with Crippen molar-refractivity contribution in [2.45, 2.75) is 37.8 Å². The van der Waals surface area contributed by atoms with Crippen molar-refractivity contribution >= 4 is 68.9 Å². The van der Waals surface area contributed by atoms with Crippen molar-refractivity contribution in [3.63, 3.8) is 0 Å². The van der Waals surface area contributed by atoms with Crippen LogP contribution in [-0.4, -0.2) is 59.1 Å². The Morgan fingerprint density at radius 2 is 1.93 bits per heavy atom. The van der Waals surface area contributed by atoms with Gasteiger partial charge in [-0.05, 0) is 30.2 Å². The Labute approximate surface area is 257 Å². The van der Waals surface area contributed by atoms with Gasteiger partial charge in [0.2, 0.25) is 5.91 Å². The molecule has 42 heavy (non-hydrogen) atoms. The van der Waals surface area contributed by atoms with E-state index in [0.29, 0.717) is 41.2 Å². The van der Waals surface area contributed by atoms with Gasteiger partial charge in [-0.3, -0.25) is 14.4 Å². The molecule has 1 saturated heterocycles. The molecule has 2 amide bonds. The molecule has 1 aliphatic rings. The van der Waals surface area contributed by atoms with Crippen LogP contribution in [0.15, 0.2) is 48.8 Å². The maximum atomic E-state index is 13.6. The molecular formula is C30H30Cl2N4O5S. The highest BCUT2D eigenvalue weighted by atomic mass is 35.5. The number of ether oxygens (including phenoxy) is 2. The molecule has 1 aliphatic heterocycles. The lowest BCUT2D eigenvalue weighted by Gasteiger charge is -2.23. The fourth-order valence-corrected chi connectivity index (χ4v) is 6.70. The van der Waals surface area contributed by atoms with E-state index in [1.807, 2.05) is 35.9 Å². The smallest absolute Gasteiger partial charge is 0.305 e. The summed E-state index contributed by atoms with van der Waals surface area (Å²) in [4.78, 5) is 45.5. The van der Waals surface area contributed by atoms with Crippen LogP contribution in [-0.2, 0) is 39.0 Å².